The van der Waals surface area contributed by atoms with E-state index in [1.807, 2.05) is 12.1 Å². The Bertz CT molecular complexity index is 449. The van der Waals surface area contributed by atoms with Crippen molar-refractivity contribution in [2.75, 3.05) is 0 Å². The van der Waals surface area contributed by atoms with Crippen molar-refractivity contribution in [3.8, 4) is 0 Å². The SMILES string of the molecule is CCCC1CCCC(N)(Cc2ccc(Br)cc2F)CC1. The van der Waals surface area contributed by atoms with Gasteiger partial charge in [0.25, 0.3) is 0 Å². The van der Waals surface area contributed by atoms with E-state index in [1.54, 1.807) is 0 Å². The largest absolute Gasteiger partial charge is 0.325 e. The van der Waals surface area contributed by atoms with E-state index in [1.165, 1.54) is 38.2 Å². The summed E-state index contributed by atoms with van der Waals surface area (Å²) in [5.74, 6) is 0.679. The van der Waals surface area contributed by atoms with E-state index >= 15 is 0 Å². The summed E-state index contributed by atoms with van der Waals surface area (Å²) in [5.41, 5.74) is 7.11. The molecule has 112 valence electrons. The van der Waals surface area contributed by atoms with Crippen LogP contribution in [0.3, 0.4) is 0 Å². The summed E-state index contributed by atoms with van der Waals surface area (Å²) in [7, 11) is 0. The van der Waals surface area contributed by atoms with Gasteiger partial charge in [0.2, 0.25) is 0 Å². The fraction of sp³-hybridized carbons (Fsp3) is 0.647. The van der Waals surface area contributed by atoms with Gasteiger partial charge in [-0.15, -0.1) is 0 Å². The maximum atomic E-state index is 14.0. The molecule has 3 heteroatoms. The van der Waals surface area contributed by atoms with Crippen molar-refractivity contribution in [1.29, 1.82) is 0 Å². The second-order valence-electron chi connectivity index (χ2n) is 6.36. The smallest absolute Gasteiger partial charge is 0.127 e. The Morgan fingerprint density at radius 1 is 1.35 bits per heavy atom. The molecular formula is C17H25BrFN. The van der Waals surface area contributed by atoms with Gasteiger partial charge in [-0.2, -0.15) is 0 Å². The summed E-state index contributed by atoms with van der Waals surface area (Å²) in [6, 6.07) is 5.30. The van der Waals surface area contributed by atoms with Gasteiger partial charge < -0.3 is 5.73 Å². The normalized spacial score (nSPS) is 27.3. The predicted molar refractivity (Wildman–Crippen MR) is 86.2 cm³/mol. The van der Waals surface area contributed by atoms with E-state index < -0.39 is 0 Å². The first-order valence-electron chi connectivity index (χ1n) is 7.75. The molecule has 1 nitrogen and oxygen atoms in total. The van der Waals surface area contributed by atoms with E-state index in [-0.39, 0.29) is 11.4 Å². The molecule has 2 unspecified atom stereocenters. The number of halogens is 2. The monoisotopic (exact) mass is 341 g/mol. The first-order valence-corrected chi connectivity index (χ1v) is 8.54. The Morgan fingerprint density at radius 2 is 2.15 bits per heavy atom. The Morgan fingerprint density at radius 3 is 2.85 bits per heavy atom. The van der Waals surface area contributed by atoms with Crippen molar-refractivity contribution in [3.05, 3.63) is 34.1 Å². The molecule has 1 saturated carbocycles. The van der Waals surface area contributed by atoms with E-state index in [9.17, 15) is 4.39 Å². The van der Waals surface area contributed by atoms with Gasteiger partial charge in [-0.25, -0.2) is 4.39 Å². The summed E-state index contributed by atoms with van der Waals surface area (Å²) in [5, 5.41) is 0. The number of benzene rings is 1. The van der Waals surface area contributed by atoms with Gasteiger partial charge in [0.1, 0.15) is 5.82 Å². The fourth-order valence-electron chi connectivity index (χ4n) is 3.42. The number of nitrogens with two attached hydrogens (primary N) is 1. The van der Waals surface area contributed by atoms with Crippen molar-refractivity contribution in [3.63, 3.8) is 0 Å². The lowest BCUT2D eigenvalue weighted by Gasteiger charge is -2.28. The quantitative estimate of drug-likeness (QED) is 0.747. The zero-order valence-electron chi connectivity index (χ0n) is 12.3. The van der Waals surface area contributed by atoms with Gasteiger partial charge in [0, 0.05) is 10.0 Å². The topological polar surface area (TPSA) is 26.0 Å². The summed E-state index contributed by atoms with van der Waals surface area (Å²) < 4.78 is 14.8. The van der Waals surface area contributed by atoms with Gasteiger partial charge in [-0.3, -0.25) is 0 Å². The van der Waals surface area contributed by atoms with Crippen LogP contribution in [-0.4, -0.2) is 5.54 Å². The maximum Gasteiger partial charge on any atom is 0.127 e. The van der Waals surface area contributed by atoms with Crippen LogP contribution in [0.15, 0.2) is 22.7 Å². The molecule has 2 rings (SSSR count). The minimum atomic E-state index is -0.225. The molecule has 1 aromatic rings. The van der Waals surface area contributed by atoms with E-state index in [0.29, 0.717) is 6.42 Å². The van der Waals surface area contributed by atoms with Crippen molar-refractivity contribution in [1.82, 2.24) is 0 Å². The highest BCUT2D eigenvalue weighted by Crippen LogP contribution is 2.33. The number of hydrogen-bond acceptors (Lipinski definition) is 1. The predicted octanol–water partition coefficient (Wildman–Crippen LogP) is 5.21. The van der Waals surface area contributed by atoms with Gasteiger partial charge in [-0.1, -0.05) is 54.6 Å². The highest BCUT2D eigenvalue weighted by atomic mass is 79.9. The Balaban J connectivity index is 2.03. The summed E-state index contributed by atoms with van der Waals surface area (Å²) in [6.07, 6.45) is 8.92. The van der Waals surface area contributed by atoms with Crippen LogP contribution in [-0.2, 0) is 6.42 Å². The minimum Gasteiger partial charge on any atom is -0.325 e. The second kappa shape index (κ2) is 7.04. The molecule has 0 aliphatic heterocycles. The van der Waals surface area contributed by atoms with E-state index in [4.69, 9.17) is 5.73 Å². The van der Waals surface area contributed by atoms with Crippen LogP contribution in [0.4, 0.5) is 4.39 Å². The molecule has 2 atom stereocenters. The summed E-state index contributed by atoms with van der Waals surface area (Å²) >= 11 is 3.30. The molecule has 1 aromatic carbocycles. The fourth-order valence-corrected chi connectivity index (χ4v) is 3.75. The zero-order valence-corrected chi connectivity index (χ0v) is 13.9. The van der Waals surface area contributed by atoms with Gasteiger partial charge in [0.05, 0.1) is 0 Å². The molecule has 0 bridgehead atoms. The van der Waals surface area contributed by atoms with Crippen molar-refractivity contribution in [2.24, 2.45) is 11.7 Å². The van der Waals surface area contributed by atoms with E-state index in [0.717, 1.165) is 28.8 Å². The lowest BCUT2D eigenvalue weighted by molar-refractivity contribution is 0.351. The molecule has 0 spiro atoms. The molecule has 0 aromatic heterocycles. The van der Waals surface area contributed by atoms with Crippen LogP contribution in [0.1, 0.15) is 57.4 Å². The Kier molecular flexibility index (Phi) is 5.62. The molecule has 1 fully saturated rings. The van der Waals surface area contributed by atoms with Gasteiger partial charge in [0.15, 0.2) is 0 Å². The van der Waals surface area contributed by atoms with Crippen LogP contribution in [0.25, 0.3) is 0 Å². The maximum absolute atomic E-state index is 14.0. The average molecular weight is 342 g/mol. The number of hydrogen-bond donors (Lipinski definition) is 1. The van der Waals surface area contributed by atoms with Crippen LogP contribution < -0.4 is 5.73 Å². The van der Waals surface area contributed by atoms with Crippen molar-refractivity contribution >= 4 is 15.9 Å². The molecule has 0 amide bonds. The van der Waals surface area contributed by atoms with Crippen LogP contribution >= 0.6 is 15.9 Å². The third kappa shape index (κ3) is 4.29. The lowest BCUT2D eigenvalue weighted by Crippen LogP contribution is -2.41. The standard InChI is InChI=1S/C17H25BrFN/c1-2-4-13-5-3-9-17(20,10-8-13)12-14-6-7-15(18)11-16(14)19/h6-7,11,13H,2-5,8-10,12,20H2,1H3. The molecular weight excluding hydrogens is 317 g/mol. The summed E-state index contributed by atoms with van der Waals surface area (Å²) in [6.45, 7) is 2.25. The van der Waals surface area contributed by atoms with Crippen LogP contribution in [0.2, 0.25) is 0 Å². The van der Waals surface area contributed by atoms with Crippen LogP contribution in [0.5, 0.6) is 0 Å². The van der Waals surface area contributed by atoms with Crippen molar-refractivity contribution in [2.45, 2.75) is 63.8 Å². The highest BCUT2D eigenvalue weighted by Gasteiger charge is 2.30. The highest BCUT2D eigenvalue weighted by molar-refractivity contribution is 9.10. The van der Waals surface area contributed by atoms with Gasteiger partial charge in [-0.05, 0) is 49.3 Å². The molecule has 0 heterocycles. The Labute approximate surface area is 130 Å². The molecule has 0 saturated heterocycles. The molecule has 1 aliphatic carbocycles. The molecule has 1 aliphatic rings. The summed E-state index contributed by atoms with van der Waals surface area (Å²) in [4.78, 5) is 0. The zero-order chi connectivity index (χ0) is 14.6. The second-order valence-corrected chi connectivity index (χ2v) is 7.28. The average Bonchev–Trinajstić information content (AvgIpc) is 2.57. The van der Waals surface area contributed by atoms with Crippen molar-refractivity contribution < 1.29 is 4.39 Å². The third-order valence-corrected chi connectivity index (χ3v) is 5.09. The first-order chi connectivity index (χ1) is 9.52. The molecule has 2 N–H and O–H groups in total. The van der Waals surface area contributed by atoms with Crippen LogP contribution in [0, 0.1) is 11.7 Å². The lowest BCUT2D eigenvalue weighted by atomic mass is 9.84. The Hall–Kier alpha value is -0.410. The minimum absolute atomic E-state index is 0.140. The first kappa shape index (κ1) is 16.0. The molecule has 0 radical (unpaired) electrons. The number of rotatable bonds is 4. The van der Waals surface area contributed by atoms with Gasteiger partial charge >= 0.3 is 0 Å². The van der Waals surface area contributed by atoms with E-state index in [2.05, 4.69) is 22.9 Å². The third-order valence-electron chi connectivity index (χ3n) is 4.59. The molecule has 20 heavy (non-hydrogen) atoms.